The average Bonchev–Trinajstić information content (AvgIpc) is 2.83. The Labute approximate surface area is 66.7 Å². The SMILES string of the molecule is C1=CC2OCC3CC3C2C=C1. The van der Waals surface area contributed by atoms with Crippen molar-refractivity contribution in [3.8, 4) is 0 Å². The standard InChI is InChI=1S/C10H12O/c1-2-4-10-8(3-1)9-5-7(9)6-11-10/h1-4,7-10H,5-6H2. The molecule has 2 fully saturated rings. The van der Waals surface area contributed by atoms with Gasteiger partial charge < -0.3 is 4.74 Å². The Bertz CT molecular complexity index is 229. The summed E-state index contributed by atoms with van der Waals surface area (Å²) < 4.78 is 5.70. The van der Waals surface area contributed by atoms with E-state index >= 15 is 0 Å². The molecule has 0 N–H and O–H groups in total. The molecule has 1 nitrogen and oxygen atoms in total. The van der Waals surface area contributed by atoms with Crippen LogP contribution in [0, 0.1) is 17.8 Å². The summed E-state index contributed by atoms with van der Waals surface area (Å²) >= 11 is 0. The van der Waals surface area contributed by atoms with Crippen LogP contribution in [-0.4, -0.2) is 12.7 Å². The molecule has 0 aromatic carbocycles. The van der Waals surface area contributed by atoms with Gasteiger partial charge in [-0.05, 0) is 18.3 Å². The summed E-state index contributed by atoms with van der Waals surface area (Å²) in [6, 6.07) is 0. The summed E-state index contributed by atoms with van der Waals surface area (Å²) in [5.74, 6) is 2.56. The molecule has 0 bridgehead atoms. The Hall–Kier alpha value is -0.560. The topological polar surface area (TPSA) is 9.23 Å². The number of allylic oxidation sites excluding steroid dienone is 2. The highest BCUT2D eigenvalue weighted by Crippen LogP contribution is 2.51. The van der Waals surface area contributed by atoms with Crippen LogP contribution in [0.3, 0.4) is 0 Å². The minimum atomic E-state index is 0.406. The maximum absolute atomic E-state index is 5.70. The van der Waals surface area contributed by atoms with Crippen molar-refractivity contribution in [1.82, 2.24) is 0 Å². The number of ether oxygens (including phenoxy) is 1. The molecule has 3 aliphatic rings. The number of fused-ring (bicyclic) bond motifs is 3. The number of hydrogen-bond donors (Lipinski definition) is 0. The summed E-state index contributed by atoms with van der Waals surface area (Å²) in [7, 11) is 0. The van der Waals surface area contributed by atoms with Crippen LogP contribution in [-0.2, 0) is 4.74 Å². The van der Waals surface area contributed by atoms with E-state index in [9.17, 15) is 0 Å². The molecule has 1 saturated heterocycles. The zero-order chi connectivity index (χ0) is 7.26. The first-order valence-corrected chi connectivity index (χ1v) is 4.42. The van der Waals surface area contributed by atoms with Crippen LogP contribution in [0.25, 0.3) is 0 Å². The molecule has 11 heavy (non-hydrogen) atoms. The van der Waals surface area contributed by atoms with Gasteiger partial charge in [0.05, 0.1) is 12.7 Å². The quantitative estimate of drug-likeness (QED) is 0.508. The highest BCUT2D eigenvalue weighted by Gasteiger charge is 2.48. The van der Waals surface area contributed by atoms with Crippen LogP contribution < -0.4 is 0 Å². The van der Waals surface area contributed by atoms with E-state index < -0.39 is 0 Å². The predicted octanol–water partition coefficient (Wildman–Crippen LogP) is 1.76. The Morgan fingerprint density at radius 3 is 3.09 bits per heavy atom. The third-order valence-corrected chi connectivity index (χ3v) is 3.10. The van der Waals surface area contributed by atoms with Gasteiger partial charge in [0.25, 0.3) is 0 Å². The Morgan fingerprint density at radius 2 is 2.09 bits per heavy atom. The summed E-state index contributed by atoms with van der Waals surface area (Å²) in [5.41, 5.74) is 0. The number of rotatable bonds is 0. The van der Waals surface area contributed by atoms with E-state index in [1.165, 1.54) is 6.42 Å². The van der Waals surface area contributed by atoms with Crippen LogP contribution in [0.4, 0.5) is 0 Å². The van der Waals surface area contributed by atoms with E-state index in [1.807, 2.05) is 0 Å². The third-order valence-electron chi connectivity index (χ3n) is 3.10. The van der Waals surface area contributed by atoms with Crippen molar-refractivity contribution in [3.63, 3.8) is 0 Å². The molecule has 0 aromatic rings. The predicted molar refractivity (Wildman–Crippen MR) is 43.1 cm³/mol. The molecular weight excluding hydrogens is 136 g/mol. The van der Waals surface area contributed by atoms with Crippen molar-refractivity contribution in [2.75, 3.05) is 6.61 Å². The second-order valence-corrected chi connectivity index (χ2v) is 3.80. The van der Waals surface area contributed by atoms with Crippen LogP contribution in [0.15, 0.2) is 24.3 Å². The zero-order valence-corrected chi connectivity index (χ0v) is 6.44. The minimum Gasteiger partial charge on any atom is -0.373 e. The average molecular weight is 148 g/mol. The monoisotopic (exact) mass is 148 g/mol. The van der Waals surface area contributed by atoms with E-state index in [0.29, 0.717) is 12.0 Å². The smallest absolute Gasteiger partial charge is 0.0824 e. The molecule has 3 rings (SSSR count). The minimum absolute atomic E-state index is 0.406. The van der Waals surface area contributed by atoms with E-state index in [4.69, 9.17) is 4.74 Å². The summed E-state index contributed by atoms with van der Waals surface area (Å²) in [4.78, 5) is 0. The van der Waals surface area contributed by atoms with Crippen LogP contribution in [0.1, 0.15) is 6.42 Å². The van der Waals surface area contributed by atoms with Crippen molar-refractivity contribution >= 4 is 0 Å². The molecule has 0 spiro atoms. The first-order valence-electron chi connectivity index (χ1n) is 4.42. The molecule has 1 saturated carbocycles. The van der Waals surface area contributed by atoms with Crippen molar-refractivity contribution in [2.24, 2.45) is 17.8 Å². The van der Waals surface area contributed by atoms with Crippen molar-refractivity contribution in [2.45, 2.75) is 12.5 Å². The lowest BCUT2D eigenvalue weighted by molar-refractivity contribution is 0.0119. The third kappa shape index (κ3) is 0.807. The van der Waals surface area contributed by atoms with Crippen LogP contribution in [0.2, 0.25) is 0 Å². The van der Waals surface area contributed by atoms with E-state index in [2.05, 4.69) is 24.3 Å². The Balaban J connectivity index is 1.89. The van der Waals surface area contributed by atoms with Gasteiger partial charge >= 0.3 is 0 Å². The highest BCUT2D eigenvalue weighted by atomic mass is 16.5. The van der Waals surface area contributed by atoms with Gasteiger partial charge in [-0.25, -0.2) is 0 Å². The zero-order valence-electron chi connectivity index (χ0n) is 6.44. The normalized spacial score (nSPS) is 51.6. The van der Waals surface area contributed by atoms with Crippen LogP contribution >= 0.6 is 0 Å². The molecule has 1 heterocycles. The van der Waals surface area contributed by atoms with Crippen molar-refractivity contribution in [3.05, 3.63) is 24.3 Å². The molecule has 58 valence electrons. The van der Waals surface area contributed by atoms with Gasteiger partial charge in [-0.2, -0.15) is 0 Å². The molecule has 0 radical (unpaired) electrons. The number of hydrogen-bond acceptors (Lipinski definition) is 1. The van der Waals surface area contributed by atoms with E-state index in [0.717, 1.165) is 18.4 Å². The second kappa shape index (κ2) is 1.98. The lowest BCUT2D eigenvalue weighted by Crippen LogP contribution is -2.29. The highest BCUT2D eigenvalue weighted by molar-refractivity contribution is 5.20. The van der Waals surface area contributed by atoms with Gasteiger partial charge in [0.1, 0.15) is 0 Å². The van der Waals surface area contributed by atoms with Gasteiger partial charge in [0.15, 0.2) is 0 Å². The van der Waals surface area contributed by atoms with Crippen molar-refractivity contribution < 1.29 is 4.74 Å². The first kappa shape index (κ1) is 6.01. The van der Waals surface area contributed by atoms with Gasteiger partial charge in [-0.3, -0.25) is 0 Å². The second-order valence-electron chi connectivity index (χ2n) is 3.80. The largest absolute Gasteiger partial charge is 0.373 e. The van der Waals surface area contributed by atoms with Gasteiger partial charge in [-0.15, -0.1) is 0 Å². The van der Waals surface area contributed by atoms with Crippen LogP contribution in [0.5, 0.6) is 0 Å². The Kier molecular flexibility index (Phi) is 1.08. The van der Waals surface area contributed by atoms with Gasteiger partial charge in [-0.1, -0.05) is 24.3 Å². The van der Waals surface area contributed by atoms with E-state index in [1.54, 1.807) is 0 Å². The molecule has 1 heteroatoms. The lowest BCUT2D eigenvalue weighted by atomic mass is 9.90. The summed E-state index contributed by atoms with van der Waals surface area (Å²) in [5, 5.41) is 0. The fourth-order valence-electron chi connectivity index (χ4n) is 2.33. The molecule has 2 aliphatic carbocycles. The van der Waals surface area contributed by atoms with E-state index in [-0.39, 0.29) is 0 Å². The van der Waals surface area contributed by atoms with Gasteiger partial charge in [0.2, 0.25) is 0 Å². The molecule has 1 aliphatic heterocycles. The summed E-state index contributed by atoms with van der Waals surface area (Å²) in [6.07, 6.45) is 10.6. The molecule has 4 atom stereocenters. The summed E-state index contributed by atoms with van der Waals surface area (Å²) in [6.45, 7) is 1.00. The maximum atomic E-state index is 5.70. The molecule has 0 aromatic heterocycles. The molecule has 4 unspecified atom stereocenters. The van der Waals surface area contributed by atoms with Crippen molar-refractivity contribution in [1.29, 1.82) is 0 Å². The Morgan fingerprint density at radius 1 is 1.18 bits per heavy atom. The molecule has 0 amide bonds. The van der Waals surface area contributed by atoms with Gasteiger partial charge in [0, 0.05) is 5.92 Å². The fourth-order valence-corrected chi connectivity index (χ4v) is 2.33. The molecular formula is C10H12O. The fraction of sp³-hybridized carbons (Fsp3) is 0.600. The maximum Gasteiger partial charge on any atom is 0.0824 e. The first-order chi connectivity index (χ1) is 5.45. The lowest BCUT2D eigenvalue weighted by Gasteiger charge is -2.28.